The summed E-state index contributed by atoms with van der Waals surface area (Å²) in [5.74, 6) is -0.288. The van der Waals surface area contributed by atoms with Gasteiger partial charge in [0.2, 0.25) is 10.0 Å². The third-order valence-corrected chi connectivity index (χ3v) is 5.68. The average molecular weight is 320 g/mol. The molecule has 1 N–H and O–H groups in total. The van der Waals surface area contributed by atoms with Crippen LogP contribution < -0.4 is 4.72 Å². The lowest BCUT2D eigenvalue weighted by molar-refractivity contribution is 0.361. The Morgan fingerprint density at radius 3 is 2.85 bits per heavy atom. The second-order valence-corrected chi connectivity index (χ2v) is 7.74. The lowest BCUT2D eigenvalue weighted by Crippen LogP contribution is -2.32. The number of hydrogen-bond donors (Lipinski definition) is 1. The van der Waals surface area contributed by atoms with E-state index < -0.39 is 15.8 Å². The van der Waals surface area contributed by atoms with Crippen LogP contribution in [0.2, 0.25) is 0 Å². The molecular formula is C14H19ClFNO2S. The highest BCUT2D eigenvalue weighted by atomic mass is 35.5. The Morgan fingerprint density at radius 2 is 2.15 bits per heavy atom. The van der Waals surface area contributed by atoms with Gasteiger partial charge in [-0.05, 0) is 49.8 Å². The van der Waals surface area contributed by atoms with Crippen LogP contribution in [0.4, 0.5) is 4.39 Å². The van der Waals surface area contributed by atoms with Crippen molar-refractivity contribution in [3.63, 3.8) is 0 Å². The molecule has 1 aliphatic rings. The van der Waals surface area contributed by atoms with Crippen LogP contribution in [-0.4, -0.2) is 20.3 Å². The van der Waals surface area contributed by atoms with Crippen molar-refractivity contribution < 1.29 is 12.8 Å². The van der Waals surface area contributed by atoms with Gasteiger partial charge in [-0.25, -0.2) is 17.5 Å². The Morgan fingerprint density at radius 1 is 1.40 bits per heavy atom. The summed E-state index contributed by atoms with van der Waals surface area (Å²) in [6, 6.07) is 3.79. The summed E-state index contributed by atoms with van der Waals surface area (Å²) in [5.41, 5.74) is 0.540. The maximum Gasteiger partial charge on any atom is 0.240 e. The highest BCUT2D eigenvalue weighted by Gasteiger charge is 2.23. The molecule has 1 aliphatic carbocycles. The van der Waals surface area contributed by atoms with E-state index in [0.29, 0.717) is 12.1 Å². The molecule has 2 unspecified atom stereocenters. The predicted octanol–water partition coefficient (Wildman–Crippen LogP) is 3.21. The molecule has 0 radical (unpaired) electrons. The molecule has 6 heteroatoms. The van der Waals surface area contributed by atoms with Gasteiger partial charge in [-0.2, -0.15) is 0 Å². The van der Waals surface area contributed by atoms with Crippen molar-refractivity contribution in [1.82, 2.24) is 4.72 Å². The second kappa shape index (κ2) is 6.41. The molecule has 0 aromatic heterocycles. The van der Waals surface area contributed by atoms with E-state index in [9.17, 15) is 12.8 Å². The first-order chi connectivity index (χ1) is 9.38. The molecule has 0 bridgehead atoms. The molecule has 1 saturated carbocycles. The number of nitrogens with one attached hydrogen (secondary N) is 1. The van der Waals surface area contributed by atoms with E-state index >= 15 is 0 Å². The number of benzene rings is 1. The minimum atomic E-state index is -3.66. The molecule has 1 aromatic carbocycles. The smallest absolute Gasteiger partial charge is 0.211 e. The molecule has 0 aliphatic heterocycles. The van der Waals surface area contributed by atoms with Crippen LogP contribution in [0, 0.1) is 18.7 Å². The maximum absolute atomic E-state index is 13.2. The van der Waals surface area contributed by atoms with Crippen molar-refractivity contribution in [3.8, 4) is 0 Å². The Hall–Kier alpha value is -0.650. The zero-order valence-corrected chi connectivity index (χ0v) is 13.0. The van der Waals surface area contributed by atoms with Crippen LogP contribution in [0.3, 0.4) is 0 Å². The third kappa shape index (κ3) is 3.93. The van der Waals surface area contributed by atoms with Gasteiger partial charge >= 0.3 is 0 Å². The zero-order valence-electron chi connectivity index (χ0n) is 11.4. The van der Waals surface area contributed by atoms with Gasteiger partial charge in [0.1, 0.15) is 5.82 Å². The van der Waals surface area contributed by atoms with Crippen molar-refractivity contribution in [3.05, 3.63) is 29.6 Å². The zero-order chi connectivity index (χ0) is 14.8. The number of hydrogen-bond acceptors (Lipinski definition) is 2. The molecule has 20 heavy (non-hydrogen) atoms. The normalized spacial score (nSPS) is 23.8. The van der Waals surface area contributed by atoms with Crippen molar-refractivity contribution in [2.24, 2.45) is 5.92 Å². The summed E-state index contributed by atoms with van der Waals surface area (Å²) in [5, 5.41) is 0.133. The molecule has 1 aromatic rings. The number of aryl methyl sites for hydroxylation is 1. The summed E-state index contributed by atoms with van der Waals surface area (Å²) in [7, 11) is -3.66. The Bertz CT molecular complexity index is 577. The highest BCUT2D eigenvalue weighted by molar-refractivity contribution is 7.89. The van der Waals surface area contributed by atoms with Crippen LogP contribution in [0.1, 0.15) is 31.2 Å². The van der Waals surface area contributed by atoms with Gasteiger partial charge in [0, 0.05) is 11.9 Å². The van der Waals surface area contributed by atoms with Gasteiger partial charge in [0.05, 0.1) is 4.90 Å². The number of sulfonamides is 1. The van der Waals surface area contributed by atoms with Gasteiger partial charge < -0.3 is 0 Å². The lowest BCUT2D eigenvalue weighted by atomic mass is 9.89. The van der Waals surface area contributed by atoms with E-state index in [-0.39, 0.29) is 16.2 Å². The lowest BCUT2D eigenvalue weighted by Gasteiger charge is -2.25. The van der Waals surface area contributed by atoms with Gasteiger partial charge in [-0.15, -0.1) is 11.6 Å². The standard InChI is InChI=1S/C14H19ClFNO2S/c1-10-5-6-13(16)8-14(10)20(18,19)17-9-11-3-2-4-12(15)7-11/h5-6,8,11-12,17H,2-4,7,9H2,1H3. The van der Waals surface area contributed by atoms with Crippen molar-refractivity contribution in [2.75, 3.05) is 6.54 Å². The average Bonchev–Trinajstić information content (AvgIpc) is 2.39. The molecule has 112 valence electrons. The van der Waals surface area contributed by atoms with Crippen molar-refractivity contribution in [1.29, 1.82) is 0 Å². The van der Waals surface area contributed by atoms with Gasteiger partial charge in [-0.3, -0.25) is 0 Å². The first-order valence-electron chi connectivity index (χ1n) is 6.78. The largest absolute Gasteiger partial charge is 0.240 e. The Balaban J connectivity index is 2.05. The number of alkyl halides is 1. The van der Waals surface area contributed by atoms with E-state index in [4.69, 9.17) is 11.6 Å². The molecule has 2 rings (SSSR count). The topological polar surface area (TPSA) is 46.2 Å². The van der Waals surface area contributed by atoms with Crippen LogP contribution >= 0.6 is 11.6 Å². The Kier molecular flexibility index (Phi) is 5.04. The molecule has 3 nitrogen and oxygen atoms in total. The van der Waals surface area contributed by atoms with E-state index in [1.165, 1.54) is 12.1 Å². The maximum atomic E-state index is 13.2. The second-order valence-electron chi connectivity index (χ2n) is 5.39. The fourth-order valence-corrected chi connectivity index (χ4v) is 4.36. The highest BCUT2D eigenvalue weighted by Crippen LogP contribution is 2.27. The minimum Gasteiger partial charge on any atom is -0.211 e. The van der Waals surface area contributed by atoms with Crippen LogP contribution in [0.15, 0.2) is 23.1 Å². The molecule has 0 saturated heterocycles. The fraction of sp³-hybridized carbons (Fsp3) is 0.571. The molecule has 1 fully saturated rings. The van der Waals surface area contributed by atoms with Crippen LogP contribution in [0.25, 0.3) is 0 Å². The molecule has 2 atom stereocenters. The van der Waals surface area contributed by atoms with E-state index in [2.05, 4.69) is 4.72 Å². The molecule has 0 heterocycles. The number of rotatable bonds is 4. The third-order valence-electron chi connectivity index (χ3n) is 3.72. The SMILES string of the molecule is Cc1ccc(F)cc1S(=O)(=O)NCC1CCCC(Cl)C1. The summed E-state index contributed by atoms with van der Waals surface area (Å²) in [4.78, 5) is 0.00994. The molecular weight excluding hydrogens is 301 g/mol. The quantitative estimate of drug-likeness (QED) is 0.866. The summed E-state index contributed by atoms with van der Waals surface area (Å²) >= 11 is 6.10. The van der Waals surface area contributed by atoms with Crippen molar-refractivity contribution in [2.45, 2.75) is 42.9 Å². The van der Waals surface area contributed by atoms with Crippen LogP contribution in [0.5, 0.6) is 0 Å². The van der Waals surface area contributed by atoms with Gasteiger partial charge in [0.25, 0.3) is 0 Å². The van der Waals surface area contributed by atoms with Gasteiger partial charge in [0.15, 0.2) is 0 Å². The van der Waals surface area contributed by atoms with E-state index in [0.717, 1.165) is 31.7 Å². The van der Waals surface area contributed by atoms with E-state index in [1.807, 2.05) is 0 Å². The monoisotopic (exact) mass is 319 g/mol. The summed E-state index contributed by atoms with van der Waals surface area (Å²) in [6.45, 7) is 2.02. The summed E-state index contributed by atoms with van der Waals surface area (Å²) < 4.78 is 40.2. The molecule has 0 spiro atoms. The summed E-state index contributed by atoms with van der Waals surface area (Å²) in [6.07, 6.45) is 3.83. The molecule has 0 amide bonds. The van der Waals surface area contributed by atoms with Gasteiger partial charge in [-0.1, -0.05) is 12.5 Å². The predicted molar refractivity (Wildman–Crippen MR) is 77.9 cm³/mol. The fourth-order valence-electron chi connectivity index (χ4n) is 2.58. The van der Waals surface area contributed by atoms with E-state index in [1.54, 1.807) is 6.92 Å². The van der Waals surface area contributed by atoms with Crippen LogP contribution in [-0.2, 0) is 10.0 Å². The first-order valence-corrected chi connectivity index (χ1v) is 8.70. The van der Waals surface area contributed by atoms with Crippen molar-refractivity contribution >= 4 is 21.6 Å². The Labute approximate surface area is 124 Å². The minimum absolute atomic E-state index is 0.00994. The number of halogens is 2. The first kappa shape index (κ1) is 15.7.